The molecule has 4 N–H and O–H groups in total. The number of nitrogens with zero attached hydrogens (tertiary/aromatic N) is 1. The second kappa shape index (κ2) is 20.9. The van der Waals surface area contributed by atoms with Crippen LogP contribution in [0.5, 0.6) is 0 Å². The van der Waals surface area contributed by atoms with Crippen LogP contribution < -0.4 is 0 Å². The third-order valence-electron chi connectivity index (χ3n) is 2.66. The maximum Gasteiger partial charge on any atom is 0.397 e. The molecule has 0 aliphatic heterocycles. The summed E-state index contributed by atoms with van der Waals surface area (Å²) in [6, 6.07) is 0. The van der Waals surface area contributed by atoms with E-state index in [0.717, 1.165) is 0 Å². The Balaban J connectivity index is 0. The monoisotopic (exact) mass is 407 g/mol. The van der Waals surface area contributed by atoms with Crippen molar-refractivity contribution in [2.75, 3.05) is 85.7 Å². The lowest BCUT2D eigenvalue weighted by Gasteiger charge is -2.17. The van der Waals surface area contributed by atoms with Gasteiger partial charge in [-0.05, 0) is 6.92 Å². The van der Waals surface area contributed by atoms with Crippen LogP contribution in [0, 0.1) is 0 Å². The van der Waals surface area contributed by atoms with Crippen molar-refractivity contribution in [3.8, 4) is 0 Å². The summed E-state index contributed by atoms with van der Waals surface area (Å²) in [4.78, 5) is 1.79. The van der Waals surface area contributed by atoms with Gasteiger partial charge in [0.05, 0.1) is 59.5 Å². The summed E-state index contributed by atoms with van der Waals surface area (Å²) in [7, 11) is -4.36. The molecule has 0 aliphatic rings. The Labute approximate surface area is 155 Å². The first-order valence-corrected chi connectivity index (χ1v) is 9.67. The van der Waals surface area contributed by atoms with E-state index in [1.807, 2.05) is 6.92 Å². The van der Waals surface area contributed by atoms with E-state index in [4.69, 9.17) is 34.1 Å². The van der Waals surface area contributed by atoms with Crippen LogP contribution in [0.4, 0.5) is 0 Å². The fourth-order valence-corrected chi connectivity index (χ4v) is 1.82. The van der Waals surface area contributed by atoms with Crippen molar-refractivity contribution in [3.05, 3.63) is 0 Å². The average Bonchev–Trinajstić information content (AvgIpc) is 2.57. The lowest BCUT2D eigenvalue weighted by molar-refractivity contribution is 0.0111. The van der Waals surface area contributed by atoms with Gasteiger partial charge in [-0.25, -0.2) is 4.18 Å². The standard InChI is InChI=1S/C8H18O7S.C6H15NO3/c1-2-12-3-4-13-5-6-14-7-8-15-16(9,10)11;8-4-1-7(2-5-9)3-6-10/h2-8H2,1H3,(H,9,10,11);8-10H,1-6H2. The smallest absolute Gasteiger partial charge is 0.395 e. The van der Waals surface area contributed by atoms with Gasteiger partial charge in [0.25, 0.3) is 0 Å². The Kier molecular flexibility index (Phi) is 22.3. The van der Waals surface area contributed by atoms with Gasteiger partial charge in [0, 0.05) is 26.2 Å². The Morgan fingerprint density at radius 2 is 1.12 bits per heavy atom. The molecule has 0 aromatic carbocycles. The third kappa shape index (κ3) is 25.8. The van der Waals surface area contributed by atoms with Gasteiger partial charge in [-0.2, -0.15) is 8.42 Å². The molecule has 11 nitrogen and oxygen atoms in total. The molecule has 0 bridgehead atoms. The molecule has 0 radical (unpaired) electrons. The Morgan fingerprint density at radius 3 is 1.46 bits per heavy atom. The number of aliphatic hydroxyl groups excluding tert-OH is 3. The highest BCUT2D eigenvalue weighted by Crippen LogP contribution is 1.87. The van der Waals surface area contributed by atoms with Gasteiger partial charge in [0.1, 0.15) is 0 Å². The van der Waals surface area contributed by atoms with E-state index < -0.39 is 10.4 Å². The number of rotatable bonds is 17. The Morgan fingerprint density at radius 1 is 0.731 bits per heavy atom. The SMILES string of the molecule is CCOCCOCCOCCOS(=O)(=O)O.OCCN(CCO)CCO. The quantitative estimate of drug-likeness (QED) is 0.158. The number of hydrogen-bond donors (Lipinski definition) is 4. The molecule has 26 heavy (non-hydrogen) atoms. The summed E-state index contributed by atoms with van der Waals surface area (Å²) >= 11 is 0. The highest BCUT2D eigenvalue weighted by atomic mass is 32.3. The van der Waals surface area contributed by atoms with Crippen LogP contribution in [-0.2, 0) is 28.8 Å². The fraction of sp³-hybridized carbons (Fsp3) is 1.00. The van der Waals surface area contributed by atoms with Crippen molar-refractivity contribution in [3.63, 3.8) is 0 Å². The van der Waals surface area contributed by atoms with Crippen LogP contribution in [0.25, 0.3) is 0 Å². The summed E-state index contributed by atoms with van der Waals surface area (Å²) in [6.45, 7) is 5.96. The molecular formula is C14H33NO10S. The summed E-state index contributed by atoms with van der Waals surface area (Å²) in [5, 5.41) is 25.5. The minimum absolute atomic E-state index is 0.0694. The van der Waals surface area contributed by atoms with Gasteiger partial charge in [-0.3, -0.25) is 9.45 Å². The first kappa shape index (κ1) is 27.8. The largest absolute Gasteiger partial charge is 0.397 e. The normalized spacial score (nSPS) is 11.5. The zero-order valence-electron chi connectivity index (χ0n) is 15.3. The third-order valence-corrected chi connectivity index (χ3v) is 3.12. The zero-order chi connectivity index (χ0) is 20.1. The van der Waals surface area contributed by atoms with E-state index in [2.05, 4.69) is 4.18 Å². The van der Waals surface area contributed by atoms with Crippen molar-refractivity contribution in [2.24, 2.45) is 0 Å². The molecule has 0 aliphatic carbocycles. The maximum absolute atomic E-state index is 10.1. The van der Waals surface area contributed by atoms with E-state index in [1.54, 1.807) is 4.90 Å². The molecule has 0 fully saturated rings. The van der Waals surface area contributed by atoms with Gasteiger partial charge >= 0.3 is 10.4 Å². The number of ether oxygens (including phenoxy) is 3. The summed E-state index contributed by atoms with van der Waals surface area (Å²) < 4.78 is 47.6. The van der Waals surface area contributed by atoms with Gasteiger partial charge < -0.3 is 29.5 Å². The van der Waals surface area contributed by atoms with Crippen LogP contribution in [0.3, 0.4) is 0 Å². The minimum atomic E-state index is -4.36. The molecule has 0 amide bonds. The second-order valence-electron chi connectivity index (χ2n) is 4.68. The van der Waals surface area contributed by atoms with Gasteiger partial charge in [0.15, 0.2) is 0 Å². The molecular weight excluding hydrogens is 374 g/mol. The van der Waals surface area contributed by atoms with E-state index in [9.17, 15) is 8.42 Å². The van der Waals surface area contributed by atoms with Crippen molar-refractivity contribution >= 4 is 10.4 Å². The first-order valence-electron chi connectivity index (χ1n) is 8.31. The predicted octanol–water partition coefficient (Wildman–Crippen LogP) is -1.86. The molecule has 160 valence electrons. The molecule has 0 spiro atoms. The summed E-state index contributed by atoms with van der Waals surface area (Å²) in [5.74, 6) is 0. The first-order chi connectivity index (χ1) is 12.4. The zero-order valence-corrected chi connectivity index (χ0v) is 16.1. The molecule has 0 heterocycles. The molecule has 0 atom stereocenters. The van der Waals surface area contributed by atoms with Gasteiger partial charge in [-0.1, -0.05) is 0 Å². The Hall–Kier alpha value is -0.410. The molecule has 0 unspecified atom stereocenters. The van der Waals surface area contributed by atoms with Crippen molar-refractivity contribution < 1.29 is 46.7 Å². The molecule has 0 saturated carbocycles. The highest BCUT2D eigenvalue weighted by Gasteiger charge is 2.02. The van der Waals surface area contributed by atoms with Crippen LogP contribution in [0.1, 0.15) is 6.92 Å². The van der Waals surface area contributed by atoms with Crippen LogP contribution in [-0.4, -0.2) is 119 Å². The number of hydrogen-bond acceptors (Lipinski definition) is 10. The van der Waals surface area contributed by atoms with Crippen LogP contribution >= 0.6 is 0 Å². The van der Waals surface area contributed by atoms with Crippen molar-refractivity contribution in [1.82, 2.24) is 4.90 Å². The van der Waals surface area contributed by atoms with Crippen LogP contribution in [0.15, 0.2) is 0 Å². The lowest BCUT2D eigenvalue weighted by Crippen LogP contribution is -2.32. The Bertz CT molecular complexity index is 354. The second-order valence-corrected chi connectivity index (χ2v) is 5.77. The van der Waals surface area contributed by atoms with Crippen molar-refractivity contribution in [2.45, 2.75) is 6.92 Å². The number of aliphatic hydroxyl groups is 3. The van der Waals surface area contributed by atoms with E-state index >= 15 is 0 Å². The molecule has 0 aromatic rings. The van der Waals surface area contributed by atoms with Crippen LogP contribution in [0.2, 0.25) is 0 Å². The minimum Gasteiger partial charge on any atom is -0.395 e. The lowest BCUT2D eigenvalue weighted by atomic mass is 10.4. The van der Waals surface area contributed by atoms with E-state index in [1.165, 1.54) is 0 Å². The fourth-order valence-electron chi connectivity index (χ4n) is 1.54. The van der Waals surface area contributed by atoms with Gasteiger partial charge in [-0.15, -0.1) is 0 Å². The predicted molar refractivity (Wildman–Crippen MR) is 93.3 cm³/mol. The molecule has 0 aromatic heterocycles. The molecule has 0 rings (SSSR count). The molecule has 12 heteroatoms. The van der Waals surface area contributed by atoms with Gasteiger partial charge in [0.2, 0.25) is 0 Å². The summed E-state index contributed by atoms with van der Waals surface area (Å²) in [6.07, 6.45) is 0. The summed E-state index contributed by atoms with van der Waals surface area (Å²) in [5.41, 5.74) is 0. The molecule has 0 saturated heterocycles. The van der Waals surface area contributed by atoms with Crippen molar-refractivity contribution in [1.29, 1.82) is 0 Å². The average molecular weight is 407 g/mol. The maximum atomic E-state index is 10.1. The van der Waals surface area contributed by atoms with E-state index in [-0.39, 0.29) is 33.0 Å². The highest BCUT2D eigenvalue weighted by molar-refractivity contribution is 7.80. The van der Waals surface area contributed by atoms with E-state index in [0.29, 0.717) is 52.7 Å². The topological polar surface area (TPSA) is 155 Å².